The third kappa shape index (κ3) is 4.96. The van der Waals surface area contributed by atoms with Gasteiger partial charge in [0.25, 0.3) is 5.91 Å². The van der Waals surface area contributed by atoms with Gasteiger partial charge in [0.1, 0.15) is 5.75 Å². The van der Waals surface area contributed by atoms with Crippen LogP contribution < -0.4 is 10.1 Å². The van der Waals surface area contributed by atoms with Gasteiger partial charge in [0, 0.05) is 0 Å². The number of benzene rings is 1. The van der Waals surface area contributed by atoms with Crippen LogP contribution in [0.2, 0.25) is 0 Å². The number of ether oxygens (including phenoxy) is 1. The van der Waals surface area contributed by atoms with E-state index in [9.17, 15) is 13.2 Å². The fraction of sp³-hybridized carbons (Fsp3) is 0.588. The third-order valence-corrected chi connectivity index (χ3v) is 5.92. The van der Waals surface area contributed by atoms with E-state index in [0.717, 1.165) is 5.56 Å². The molecule has 1 amide bonds. The number of nitrogens with one attached hydrogen (secondary N) is 1. The first-order chi connectivity index (χ1) is 10.5. The summed E-state index contributed by atoms with van der Waals surface area (Å²) in [5.74, 6) is 0.450. The zero-order chi connectivity index (χ0) is 17.3. The number of sulfone groups is 1. The summed E-state index contributed by atoms with van der Waals surface area (Å²) in [5.41, 5.74) is 0.448. The van der Waals surface area contributed by atoms with Crippen molar-refractivity contribution >= 4 is 15.7 Å². The Kier molecular flexibility index (Phi) is 4.76. The van der Waals surface area contributed by atoms with Crippen molar-refractivity contribution in [2.45, 2.75) is 45.1 Å². The molecule has 1 heterocycles. The van der Waals surface area contributed by atoms with Gasteiger partial charge in [-0.05, 0) is 36.5 Å². The first kappa shape index (κ1) is 17.8. The van der Waals surface area contributed by atoms with Gasteiger partial charge in [-0.15, -0.1) is 0 Å². The summed E-state index contributed by atoms with van der Waals surface area (Å²) < 4.78 is 28.7. The Morgan fingerprint density at radius 2 is 2.04 bits per heavy atom. The van der Waals surface area contributed by atoms with Gasteiger partial charge >= 0.3 is 0 Å². The summed E-state index contributed by atoms with van der Waals surface area (Å²) in [6.45, 7) is 7.97. The van der Waals surface area contributed by atoms with Crippen LogP contribution in [0.25, 0.3) is 0 Å². The summed E-state index contributed by atoms with van der Waals surface area (Å²) in [7, 11) is -3.04. The molecule has 6 heteroatoms. The highest BCUT2D eigenvalue weighted by molar-refractivity contribution is 7.91. The number of hydrogen-bond acceptors (Lipinski definition) is 4. The highest BCUT2D eigenvalue weighted by Crippen LogP contribution is 2.26. The SMILES string of the molecule is CC(C)(C)c1cccc(OCC(=O)N[C@]2(C)CCS(=O)(=O)C2)c1. The second kappa shape index (κ2) is 6.15. The molecule has 0 spiro atoms. The molecule has 1 fully saturated rings. The largest absolute Gasteiger partial charge is 0.484 e. The van der Waals surface area contributed by atoms with Crippen LogP contribution in [0.5, 0.6) is 5.75 Å². The van der Waals surface area contributed by atoms with E-state index in [0.29, 0.717) is 12.2 Å². The molecule has 0 aliphatic carbocycles. The first-order valence-electron chi connectivity index (χ1n) is 7.74. The number of carbonyl (C=O) groups excluding carboxylic acids is 1. The van der Waals surface area contributed by atoms with E-state index in [-0.39, 0.29) is 29.4 Å². The van der Waals surface area contributed by atoms with E-state index in [2.05, 4.69) is 26.1 Å². The molecule has 1 saturated heterocycles. The maximum Gasteiger partial charge on any atom is 0.258 e. The molecule has 1 aromatic carbocycles. The lowest BCUT2D eigenvalue weighted by atomic mass is 9.87. The molecule has 0 saturated carbocycles. The van der Waals surface area contributed by atoms with Gasteiger partial charge in [0.05, 0.1) is 17.0 Å². The molecule has 23 heavy (non-hydrogen) atoms. The number of amides is 1. The van der Waals surface area contributed by atoms with Gasteiger partial charge in [-0.2, -0.15) is 0 Å². The van der Waals surface area contributed by atoms with E-state index < -0.39 is 15.4 Å². The lowest BCUT2D eigenvalue weighted by Crippen LogP contribution is -2.48. The summed E-state index contributed by atoms with van der Waals surface area (Å²) in [6, 6.07) is 7.66. The Balaban J connectivity index is 1.93. The molecule has 128 valence electrons. The van der Waals surface area contributed by atoms with Crippen molar-refractivity contribution in [2.24, 2.45) is 0 Å². The van der Waals surface area contributed by atoms with Crippen LogP contribution in [0.15, 0.2) is 24.3 Å². The number of rotatable bonds is 4. The minimum absolute atomic E-state index is 0.00725. The van der Waals surface area contributed by atoms with Gasteiger partial charge in [-0.1, -0.05) is 32.9 Å². The molecular formula is C17H25NO4S. The molecule has 1 aromatic rings. The molecule has 1 aliphatic heterocycles. The Morgan fingerprint density at radius 3 is 2.61 bits per heavy atom. The lowest BCUT2D eigenvalue weighted by molar-refractivity contribution is -0.124. The molecule has 1 N–H and O–H groups in total. The van der Waals surface area contributed by atoms with Crippen LogP contribution >= 0.6 is 0 Å². The molecule has 0 radical (unpaired) electrons. The number of carbonyl (C=O) groups is 1. The van der Waals surface area contributed by atoms with Gasteiger partial charge in [0.2, 0.25) is 0 Å². The highest BCUT2D eigenvalue weighted by Gasteiger charge is 2.39. The normalized spacial score (nSPS) is 23.5. The Bertz CT molecular complexity index is 691. The molecule has 5 nitrogen and oxygen atoms in total. The molecule has 0 aromatic heterocycles. The van der Waals surface area contributed by atoms with Gasteiger partial charge in [-0.3, -0.25) is 4.79 Å². The van der Waals surface area contributed by atoms with Crippen molar-refractivity contribution in [1.29, 1.82) is 0 Å². The van der Waals surface area contributed by atoms with Crippen LogP contribution in [0.3, 0.4) is 0 Å². The maximum absolute atomic E-state index is 12.0. The lowest BCUT2D eigenvalue weighted by Gasteiger charge is -2.24. The monoisotopic (exact) mass is 339 g/mol. The number of hydrogen-bond donors (Lipinski definition) is 1. The van der Waals surface area contributed by atoms with Crippen LogP contribution in [0.1, 0.15) is 39.7 Å². The quantitative estimate of drug-likeness (QED) is 0.911. The maximum atomic E-state index is 12.0. The zero-order valence-corrected chi connectivity index (χ0v) is 15.0. The molecule has 1 aliphatic rings. The molecular weight excluding hydrogens is 314 g/mol. The second-order valence-electron chi connectivity index (χ2n) is 7.52. The average Bonchev–Trinajstić information content (AvgIpc) is 2.69. The Labute approximate surface area is 138 Å². The van der Waals surface area contributed by atoms with Crippen molar-refractivity contribution in [3.05, 3.63) is 29.8 Å². The van der Waals surface area contributed by atoms with Crippen molar-refractivity contribution < 1.29 is 17.9 Å². The van der Waals surface area contributed by atoms with Crippen molar-refractivity contribution in [3.8, 4) is 5.75 Å². The molecule has 0 bridgehead atoms. The van der Waals surface area contributed by atoms with Crippen LogP contribution in [0.4, 0.5) is 0 Å². The van der Waals surface area contributed by atoms with Crippen molar-refractivity contribution in [3.63, 3.8) is 0 Å². The first-order valence-corrected chi connectivity index (χ1v) is 9.56. The fourth-order valence-electron chi connectivity index (χ4n) is 2.68. The predicted molar refractivity (Wildman–Crippen MR) is 90.5 cm³/mol. The summed E-state index contributed by atoms with van der Waals surface area (Å²) in [6.07, 6.45) is 0.445. The standard InChI is InChI=1S/C17H25NO4S/c1-16(2,3)13-6-5-7-14(10-13)22-11-15(19)18-17(4)8-9-23(20,21)12-17/h5-7,10H,8-9,11-12H2,1-4H3,(H,18,19)/t17-/m1/s1. The van der Waals surface area contributed by atoms with Crippen LogP contribution in [0, 0.1) is 0 Å². The highest BCUT2D eigenvalue weighted by atomic mass is 32.2. The molecule has 0 unspecified atom stereocenters. The topological polar surface area (TPSA) is 72.5 Å². The van der Waals surface area contributed by atoms with E-state index >= 15 is 0 Å². The average molecular weight is 339 g/mol. The summed E-state index contributed by atoms with van der Waals surface area (Å²) >= 11 is 0. The van der Waals surface area contributed by atoms with E-state index in [4.69, 9.17) is 4.74 Å². The van der Waals surface area contributed by atoms with E-state index in [1.54, 1.807) is 6.92 Å². The zero-order valence-electron chi connectivity index (χ0n) is 14.2. The summed E-state index contributed by atoms with van der Waals surface area (Å²) in [4.78, 5) is 12.0. The Hall–Kier alpha value is -1.56. The predicted octanol–water partition coefficient (Wildman–Crippen LogP) is 2.06. The van der Waals surface area contributed by atoms with Gasteiger partial charge in [-0.25, -0.2) is 8.42 Å². The molecule has 1 atom stereocenters. The Morgan fingerprint density at radius 1 is 1.35 bits per heavy atom. The van der Waals surface area contributed by atoms with Crippen molar-refractivity contribution in [1.82, 2.24) is 5.32 Å². The van der Waals surface area contributed by atoms with Crippen LogP contribution in [-0.2, 0) is 20.0 Å². The third-order valence-electron chi connectivity index (χ3n) is 4.01. The van der Waals surface area contributed by atoms with E-state index in [1.165, 1.54) is 0 Å². The van der Waals surface area contributed by atoms with E-state index in [1.807, 2.05) is 24.3 Å². The second-order valence-corrected chi connectivity index (χ2v) is 9.70. The van der Waals surface area contributed by atoms with Crippen molar-refractivity contribution in [2.75, 3.05) is 18.1 Å². The molecule has 2 rings (SSSR count). The van der Waals surface area contributed by atoms with Crippen LogP contribution in [-0.4, -0.2) is 38.0 Å². The van der Waals surface area contributed by atoms with Gasteiger partial charge in [0.15, 0.2) is 16.4 Å². The minimum Gasteiger partial charge on any atom is -0.484 e. The minimum atomic E-state index is -3.04. The fourth-order valence-corrected chi connectivity index (χ4v) is 4.78. The van der Waals surface area contributed by atoms with Gasteiger partial charge < -0.3 is 10.1 Å². The smallest absolute Gasteiger partial charge is 0.258 e. The summed E-state index contributed by atoms with van der Waals surface area (Å²) in [5, 5.41) is 2.78.